The molecule has 3 aromatic rings. The molecule has 4 rings (SSSR count). The molecule has 0 fully saturated rings. The zero-order chi connectivity index (χ0) is 28.6. The van der Waals surface area contributed by atoms with Crippen molar-refractivity contribution in [2.24, 2.45) is 0 Å². The maximum absolute atomic E-state index is 13.8. The van der Waals surface area contributed by atoms with Crippen molar-refractivity contribution in [3.05, 3.63) is 45.6 Å². The molecule has 0 aliphatic carbocycles. The molecule has 2 N–H and O–H groups in total. The summed E-state index contributed by atoms with van der Waals surface area (Å²) in [6, 6.07) is 2.97. The van der Waals surface area contributed by atoms with Gasteiger partial charge in [0.05, 0.1) is 19.4 Å². The van der Waals surface area contributed by atoms with Gasteiger partial charge in [-0.2, -0.15) is 0 Å². The summed E-state index contributed by atoms with van der Waals surface area (Å²) in [7, 11) is -1.34. The van der Waals surface area contributed by atoms with Crippen LogP contribution in [0.25, 0.3) is 10.9 Å². The van der Waals surface area contributed by atoms with E-state index in [9.17, 15) is 27.5 Å². The number of aromatic nitrogens is 3. The second kappa shape index (κ2) is 10.8. The van der Waals surface area contributed by atoms with Gasteiger partial charge in [0.15, 0.2) is 17.3 Å². The maximum atomic E-state index is 13.8. The van der Waals surface area contributed by atoms with Crippen molar-refractivity contribution in [2.45, 2.75) is 39.3 Å². The number of sulfonamides is 1. The highest BCUT2D eigenvalue weighted by Crippen LogP contribution is 2.41. The number of hydrogen-bond donors (Lipinski definition) is 2. The zero-order valence-corrected chi connectivity index (χ0v) is 23.0. The summed E-state index contributed by atoms with van der Waals surface area (Å²) in [5.41, 5.74) is -0.252. The van der Waals surface area contributed by atoms with Crippen molar-refractivity contribution in [2.75, 3.05) is 43.9 Å². The number of nitrogens with zero attached hydrogens (tertiary/aromatic N) is 5. The standard InChI is InChI=1S/C25H32FN5O7S/c1-5-29-13-15(2)31-20-19(22(38-4)21(31)25(29)35)24(34)30(14-16-8-9-17(26)12-18(16)33)27-23(20)28(3)39(36,37)11-7-6-10-32/h8-9,12,15,32-33H,5-7,10-11,13-14H2,1-4H3. The van der Waals surface area contributed by atoms with E-state index in [2.05, 4.69) is 5.10 Å². The average molecular weight is 566 g/mol. The third-order valence-corrected chi connectivity index (χ3v) is 8.74. The van der Waals surface area contributed by atoms with Crippen molar-refractivity contribution in [1.29, 1.82) is 0 Å². The van der Waals surface area contributed by atoms with E-state index in [1.165, 1.54) is 20.2 Å². The van der Waals surface area contributed by atoms with Crippen molar-refractivity contribution in [3.8, 4) is 11.5 Å². The van der Waals surface area contributed by atoms with E-state index >= 15 is 0 Å². The van der Waals surface area contributed by atoms with Crippen LogP contribution in [-0.4, -0.2) is 83.4 Å². The molecule has 0 saturated heterocycles. The lowest BCUT2D eigenvalue weighted by Gasteiger charge is -2.33. The first-order valence-electron chi connectivity index (χ1n) is 12.5. The number of carbonyl (C=O) groups is 1. The summed E-state index contributed by atoms with van der Waals surface area (Å²) in [4.78, 5) is 28.9. The molecule has 1 aliphatic heterocycles. The Bertz CT molecular complexity index is 1580. The number of anilines is 1. The molecule has 14 heteroatoms. The van der Waals surface area contributed by atoms with Gasteiger partial charge in [-0.05, 0) is 32.8 Å². The molecule has 0 radical (unpaired) electrons. The Kier molecular flexibility index (Phi) is 7.89. The van der Waals surface area contributed by atoms with Crippen LogP contribution in [0, 0.1) is 5.82 Å². The Morgan fingerprint density at radius 3 is 2.59 bits per heavy atom. The second-order valence-electron chi connectivity index (χ2n) is 9.44. The van der Waals surface area contributed by atoms with E-state index in [4.69, 9.17) is 9.84 Å². The van der Waals surface area contributed by atoms with E-state index in [0.29, 0.717) is 13.1 Å². The van der Waals surface area contributed by atoms with Gasteiger partial charge in [-0.1, -0.05) is 6.07 Å². The maximum Gasteiger partial charge on any atom is 0.280 e. The highest BCUT2D eigenvalue weighted by atomic mass is 32.2. The molecule has 1 aromatic carbocycles. The Morgan fingerprint density at radius 1 is 1.26 bits per heavy atom. The summed E-state index contributed by atoms with van der Waals surface area (Å²) in [5.74, 6) is -1.84. The molecule has 212 valence electrons. The Hall–Kier alpha value is -3.65. The summed E-state index contributed by atoms with van der Waals surface area (Å²) >= 11 is 0. The minimum absolute atomic E-state index is 0.00296. The number of methoxy groups -OCH3 is 1. The van der Waals surface area contributed by atoms with Gasteiger partial charge < -0.3 is 24.4 Å². The number of aliphatic hydroxyl groups is 1. The van der Waals surface area contributed by atoms with Gasteiger partial charge in [0.2, 0.25) is 10.0 Å². The molecular formula is C25H32FN5O7S. The molecule has 0 spiro atoms. The quantitative estimate of drug-likeness (QED) is 0.353. The van der Waals surface area contributed by atoms with Gasteiger partial charge in [-0.25, -0.2) is 17.5 Å². The molecule has 0 bridgehead atoms. The van der Waals surface area contributed by atoms with Gasteiger partial charge in [-0.15, -0.1) is 5.10 Å². The van der Waals surface area contributed by atoms with Crippen LogP contribution in [0.15, 0.2) is 23.0 Å². The van der Waals surface area contributed by atoms with E-state index in [1.807, 2.05) is 13.8 Å². The minimum atomic E-state index is -3.97. The summed E-state index contributed by atoms with van der Waals surface area (Å²) in [5, 5.41) is 23.7. The number of aromatic hydroxyl groups is 1. The molecule has 1 unspecified atom stereocenters. The number of fused-ring (bicyclic) bond motifs is 3. The van der Waals surface area contributed by atoms with E-state index in [-0.39, 0.29) is 77.4 Å². The number of carbonyl (C=O) groups excluding carboxylic acids is 1. The number of likely N-dealkylation sites (N-methyl/N-ethyl adjacent to an activating group) is 1. The monoisotopic (exact) mass is 565 g/mol. The molecule has 3 heterocycles. The summed E-state index contributed by atoms with van der Waals surface area (Å²) < 4.78 is 49.3. The molecular weight excluding hydrogens is 533 g/mol. The molecule has 1 aliphatic rings. The van der Waals surface area contributed by atoms with Gasteiger partial charge in [-0.3, -0.25) is 13.9 Å². The summed E-state index contributed by atoms with van der Waals surface area (Å²) in [6.45, 7) is 3.96. The molecule has 39 heavy (non-hydrogen) atoms. The number of rotatable bonds is 10. The third-order valence-electron chi connectivity index (χ3n) is 6.93. The highest BCUT2D eigenvalue weighted by molar-refractivity contribution is 7.92. The Morgan fingerprint density at radius 2 is 1.97 bits per heavy atom. The van der Waals surface area contributed by atoms with Crippen LogP contribution in [0.4, 0.5) is 10.2 Å². The molecule has 2 aromatic heterocycles. The number of halogens is 1. The topological polar surface area (TPSA) is 147 Å². The van der Waals surface area contributed by atoms with Gasteiger partial charge in [0.1, 0.15) is 22.5 Å². The number of aliphatic hydroxyl groups excluding tert-OH is 1. The largest absolute Gasteiger partial charge is 0.507 e. The minimum Gasteiger partial charge on any atom is -0.507 e. The van der Waals surface area contributed by atoms with Crippen molar-refractivity contribution in [1.82, 2.24) is 19.2 Å². The summed E-state index contributed by atoms with van der Waals surface area (Å²) in [6.07, 6.45) is 0.483. The van der Waals surface area contributed by atoms with Crippen LogP contribution in [-0.2, 0) is 16.6 Å². The Labute approximate surface area is 224 Å². The first kappa shape index (κ1) is 28.4. The van der Waals surface area contributed by atoms with Crippen molar-refractivity contribution >= 4 is 32.7 Å². The number of amides is 1. The van der Waals surface area contributed by atoms with E-state index < -0.39 is 27.1 Å². The number of unbranched alkanes of at least 4 members (excludes halogenated alkanes) is 1. The van der Waals surface area contributed by atoms with Crippen molar-refractivity contribution in [3.63, 3.8) is 0 Å². The smallest absolute Gasteiger partial charge is 0.280 e. The average Bonchev–Trinajstić information content (AvgIpc) is 3.25. The predicted molar refractivity (Wildman–Crippen MR) is 143 cm³/mol. The Balaban J connectivity index is 2.04. The lowest BCUT2D eigenvalue weighted by atomic mass is 10.2. The number of ether oxygens (including phenoxy) is 1. The molecule has 12 nitrogen and oxygen atoms in total. The van der Waals surface area contributed by atoms with Gasteiger partial charge in [0, 0.05) is 44.4 Å². The number of phenolic OH excluding ortho intramolecular Hbond substituents is 1. The second-order valence-corrected chi connectivity index (χ2v) is 11.6. The van der Waals surface area contributed by atoms with Crippen LogP contribution in [0.1, 0.15) is 48.8 Å². The van der Waals surface area contributed by atoms with Gasteiger partial charge in [0.25, 0.3) is 11.5 Å². The van der Waals surface area contributed by atoms with Crippen LogP contribution in [0.2, 0.25) is 0 Å². The lowest BCUT2D eigenvalue weighted by molar-refractivity contribution is 0.0685. The fourth-order valence-electron chi connectivity index (χ4n) is 4.88. The van der Waals surface area contributed by atoms with E-state index in [0.717, 1.165) is 21.1 Å². The first-order chi connectivity index (χ1) is 18.5. The number of hydrogen-bond acceptors (Lipinski definition) is 8. The fourth-order valence-corrected chi connectivity index (χ4v) is 6.11. The zero-order valence-electron chi connectivity index (χ0n) is 22.2. The molecule has 0 saturated carbocycles. The van der Waals surface area contributed by atoms with Crippen LogP contribution in [0.5, 0.6) is 11.5 Å². The third kappa shape index (κ3) is 4.93. The predicted octanol–water partition coefficient (Wildman–Crippen LogP) is 1.67. The van der Waals surface area contributed by atoms with Crippen LogP contribution < -0.4 is 14.6 Å². The van der Waals surface area contributed by atoms with Crippen LogP contribution in [0.3, 0.4) is 0 Å². The number of benzene rings is 1. The SMILES string of the molecule is CCN1CC(C)n2c(c(OC)c3c(=O)n(Cc4ccc(F)cc4O)nc(N(C)S(=O)(=O)CCCCO)c32)C1=O. The first-order valence-corrected chi connectivity index (χ1v) is 14.1. The molecule has 1 atom stereocenters. The fraction of sp³-hybridized carbons (Fsp3) is 0.480. The lowest BCUT2D eigenvalue weighted by Crippen LogP contribution is -2.42. The van der Waals surface area contributed by atoms with Crippen molar-refractivity contribution < 1.29 is 32.6 Å². The van der Waals surface area contributed by atoms with Crippen LogP contribution >= 0.6 is 0 Å². The number of phenols is 1. The van der Waals surface area contributed by atoms with E-state index in [1.54, 1.807) is 9.47 Å². The van der Waals surface area contributed by atoms with Gasteiger partial charge >= 0.3 is 0 Å². The molecule has 1 amide bonds. The highest BCUT2D eigenvalue weighted by Gasteiger charge is 2.38. The normalized spacial score (nSPS) is 15.6.